The van der Waals surface area contributed by atoms with E-state index in [0.29, 0.717) is 23.7 Å². The fourth-order valence-electron chi connectivity index (χ4n) is 1.23. The summed E-state index contributed by atoms with van der Waals surface area (Å²) in [5, 5.41) is 3.17. The van der Waals surface area contributed by atoms with Crippen LogP contribution in [0.4, 0.5) is 10.1 Å². The lowest BCUT2D eigenvalue weighted by Gasteiger charge is -2.08. The van der Waals surface area contributed by atoms with Crippen molar-refractivity contribution < 1.29 is 4.39 Å². The summed E-state index contributed by atoms with van der Waals surface area (Å²) in [4.78, 5) is 0. The van der Waals surface area contributed by atoms with Gasteiger partial charge in [-0.2, -0.15) is 0 Å². The number of hydrogen-bond donors (Lipinski definition) is 2. The van der Waals surface area contributed by atoms with Crippen LogP contribution in [0.1, 0.15) is 19.4 Å². The molecular formula is C11H17FN2. The van der Waals surface area contributed by atoms with E-state index in [2.05, 4.69) is 19.2 Å². The lowest BCUT2D eigenvalue weighted by Crippen LogP contribution is -2.19. The lowest BCUT2D eigenvalue weighted by atomic mass is 10.1. The van der Waals surface area contributed by atoms with Gasteiger partial charge >= 0.3 is 0 Å². The Labute approximate surface area is 84.3 Å². The van der Waals surface area contributed by atoms with Crippen molar-refractivity contribution in [1.82, 2.24) is 5.32 Å². The van der Waals surface area contributed by atoms with E-state index in [0.717, 1.165) is 6.54 Å². The molecule has 3 N–H and O–H groups in total. The molecule has 1 aromatic rings. The van der Waals surface area contributed by atoms with Crippen LogP contribution in [0.3, 0.4) is 0 Å². The van der Waals surface area contributed by atoms with Crippen LogP contribution in [0, 0.1) is 11.7 Å². The maximum atomic E-state index is 13.2. The van der Waals surface area contributed by atoms with Crippen LogP contribution in [-0.4, -0.2) is 6.54 Å². The van der Waals surface area contributed by atoms with Crippen LogP contribution in [-0.2, 0) is 6.54 Å². The Morgan fingerprint density at radius 2 is 2.14 bits per heavy atom. The van der Waals surface area contributed by atoms with Gasteiger partial charge in [-0.05, 0) is 30.7 Å². The van der Waals surface area contributed by atoms with Gasteiger partial charge in [-0.15, -0.1) is 0 Å². The molecule has 0 unspecified atom stereocenters. The molecule has 1 rings (SSSR count). The minimum absolute atomic E-state index is 0.199. The first-order chi connectivity index (χ1) is 6.59. The Hall–Kier alpha value is -1.09. The molecule has 1 aromatic carbocycles. The van der Waals surface area contributed by atoms with Crippen molar-refractivity contribution in [1.29, 1.82) is 0 Å². The molecule has 0 saturated heterocycles. The lowest BCUT2D eigenvalue weighted by molar-refractivity contribution is 0.535. The van der Waals surface area contributed by atoms with Gasteiger partial charge in [0.25, 0.3) is 0 Å². The fourth-order valence-corrected chi connectivity index (χ4v) is 1.23. The molecule has 0 spiro atoms. The quantitative estimate of drug-likeness (QED) is 0.724. The van der Waals surface area contributed by atoms with Gasteiger partial charge < -0.3 is 11.1 Å². The van der Waals surface area contributed by atoms with Crippen molar-refractivity contribution >= 4 is 5.69 Å². The molecule has 0 radical (unpaired) electrons. The van der Waals surface area contributed by atoms with E-state index in [1.54, 1.807) is 12.1 Å². The van der Waals surface area contributed by atoms with Crippen LogP contribution in [0.5, 0.6) is 0 Å². The molecule has 0 heterocycles. The number of halogens is 1. The molecule has 0 atom stereocenters. The number of nitrogen functional groups attached to an aromatic ring is 1. The molecule has 3 heteroatoms. The van der Waals surface area contributed by atoms with E-state index in [1.165, 1.54) is 6.07 Å². The summed E-state index contributed by atoms with van der Waals surface area (Å²) in [6.07, 6.45) is 0. The Balaban J connectivity index is 2.53. The van der Waals surface area contributed by atoms with Gasteiger partial charge in [-0.1, -0.05) is 13.8 Å². The van der Waals surface area contributed by atoms with Gasteiger partial charge in [0, 0.05) is 17.8 Å². The minimum Gasteiger partial charge on any atom is -0.399 e. The molecule has 2 nitrogen and oxygen atoms in total. The van der Waals surface area contributed by atoms with E-state index in [4.69, 9.17) is 5.73 Å². The molecule has 0 amide bonds. The van der Waals surface area contributed by atoms with Gasteiger partial charge in [0.2, 0.25) is 0 Å². The first-order valence-corrected chi connectivity index (χ1v) is 4.84. The number of nitrogens with two attached hydrogens (primary N) is 1. The summed E-state index contributed by atoms with van der Waals surface area (Å²) in [5.41, 5.74) is 6.80. The van der Waals surface area contributed by atoms with E-state index < -0.39 is 0 Å². The summed E-state index contributed by atoms with van der Waals surface area (Å²) in [5.74, 6) is 0.370. The third-order valence-electron chi connectivity index (χ3n) is 1.94. The molecule has 0 aliphatic rings. The maximum absolute atomic E-state index is 13.2. The minimum atomic E-state index is -0.199. The Morgan fingerprint density at radius 3 is 2.79 bits per heavy atom. The summed E-state index contributed by atoms with van der Waals surface area (Å²) >= 11 is 0. The molecule has 14 heavy (non-hydrogen) atoms. The largest absolute Gasteiger partial charge is 0.399 e. The number of nitrogens with one attached hydrogen (secondary N) is 1. The Kier molecular flexibility index (Phi) is 3.89. The van der Waals surface area contributed by atoms with Gasteiger partial charge in [0.15, 0.2) is 0 Å². The first kappa shape index (κ1) is 11.0. The molecular weight excluding hydrogens is 179 g/mol. The fraction of sp³-hybridized carbons (Fsp3) is 0.455. The summed E-state index contributed by atoms with van der Waals surface area (Å²) in [6.45, 7) is 5.65. The number of benzene rings is 1. The van der Waals surface area contributed by atoms with E-state index in [9.17, 15) is 4.39 Å². The zero-order chi connectivity index (χ0) is 10.6. The van der Waals surface area contributed by atoms with Crippen LogP contribution in [0.15, 0.2) is 18.2 Å². The molecule has 0 fully saturated rings. The van der Waals surface area contributed by atoms with Crippen LogP contribution in [0.25, 0.3) is 0 Å². The van der Waals surface area contributed by atoms with Crippen LogP contribution >= 0.6 is 0 Å². The van der Waals surface area contributed by atoms with Gasteiger partial charge in [-0.25, -0.2) is 4.39 Å². The van der Waals surface area contributed by atoms with E-state index >= 15 is 0 Å². The first-order valence-electron chi connectivity index (χ1n) is 4.84. The van der Waals surface area contributed by atoms with Gasteiger partial charge in [0.1, 0.15) is 5.82 Å². The van der Waals surface area contributed by atoms with Gasteiger partial charge in [0.05, 0.1) is 0 Å². The number of rotatable bonds is 4. The van der Waals surface area contributed by atoms with Crippen LogP contribution in [0.2, 0.25) is 0 Å². The van der Waals surface area contributed by atoms with Crippen molar-refractivity contribution in [2.45, 2.75) is 20.4 Å². The third kappa shape index (κ3) is 3.34. The summed E-state index contributed by atoms with van der Waals surface area (Å²) in [6, 6.07) is 4.64. The van der Waals surface area contributed by atoms with Crippen molar-refractivity contribution in [2.24, 2.45) is 5.92 Å². The second kappa shape index (κ2) is 4.96. The zero-order valence-electron chi connectivity index (χ0n) is 8.68. The normalized spacial score (nSPS) is 10.9. The Morgan fingerprint density at radius 1 is 1.43 bits per heavy atom. The molecule has 0 aliphatic heterocycles. The van der Waals surface area contributed by atoms with Crippen molar-refractivity contribution in [3.05, 3.63) is 29.6 Å². The third-order valence-corrected chi connectivity index (χ3v) is 1.94. The molecule has 0 aliphatic carbocycles. The monoisotopic (exact) mass is 196 g/mol. The smallest absolute Gasteiger partial charge is 0.127 e. The molecule has 0 saturated carbocycles. The zero-order valence-corrected chi connectivity index (χ0v) is 8.68. The highest BCUT2D eigenvalue weighted by atomic mass is 19.1. The van der Waals surface area contributed by atoms with Crippen molar-refractivity contribution in [3.63, 3.8) is 0 Å². The summed E-state index contributed by atoms with van der Waals surface area (Å²) < 4.78 is 13.2. The predicted molar refractivity (Wildman–Crippen MR) is 57.4 cm³/mol. The highest BCUT2D eigenvalue weighted by Gasteiger charge is 2.02. The SMILES string of the molecule is CC(C)CNCc1cc(N)ccc1F. The average molecular weight is 196 g/mol. The van der Waals surface area contributed by atoms with Crippen molar-refractivity contribution in [2.75, 3.05) is 12.3 Å². The molecule has 78 valence electrons. The van der Waals surface area contributed by atoms with E-state index in [-0.39, 0.29) is 5.82 Å². The second-order valence-electron chi connectivity index (χ2n) is 3.88. The maximum Gasteiger partial charge on any atom is 0.127 e. The van der Waals surface area contributed by atoms with Crippen LogP contribution < -0.4 is 11.1 Å². The highest BCUT2D eigenvalue weighted by Crippen LogP contribution is 2.11. The highest BCUT2D eigenvalue weighted by molar-refractivity contribution is 5.41. The number of anilines is 1. The van der Waals surface area contributed by atoms with Crippen molar-refractivity contribution in [3.8, 4) is 0 Å². The second-order valence-corrected chi connectivity index (χ2v) is 3.88. The standard InChI is InChI=1S/C11H17FN2/c1-8(2)6-14-7-9-5-10(13)3-4-11(9)12/h3-5,8,14H,6-7,13H2,1-2H3. The summed E-state index contributed by atoms with van der Waals surface area (Å²) in [7, 11) is 0. The predicted octanol–water partition coefficient (Wildman–Crippen LogP) is 2.15. The number of hydrogen-bond acceptors (Lipinski definition) is 2. The van der Waals surface area contributed by atoms with E-state index in [1.807, 2.05) is 0 Å². The topological polar surface area (TPSA) is 38.0 Å². The average Bonchev–Trinajstić information content (AvgIpc) is 2.10. The molecule has 0 aromatic heterocycles. The van der Waals surface area contributed by atoms with Gasteiger partial charge in [-0.3, -0.25) is 0 Å². The molecule has 0 bridgehead atoms. The Bertz CT molecular complexity index is 297.